The van der Waals surface area contributed by atoms with Crippen LogP contribution in [-0.2, 0) is 24.3 Å². The predicted molar refractivity (Wildman–Crippen MR) is 98.0 cm³/mol. The number of hydrogen-bond donors (Lipinski definition) is 2. The molecule has 1 amide bonds. The van der Waals surface area contributed by atoms with E-state index >= 15 is 0 Å². The first-order chi connectivity index (χ1) is 12.0. The second-order valence-electron chi connectivity index (χ2n) is 6.02. The molecule has 7 nitrogen and oxygen atoms in total. The van der Waals surface area contributed by atoms with Crippen LogP contribution in [0.5, 0.6) is 0 Å². The van der Waals surface area contributed by atoms with Crippen LogP contribution in [0.25, 0.3) is 0 Å². The Hall–Kier alpha value is -2.37. The largest absolute Gasteiger partial charge is 0.454 e. The van der Waals surface area contributed by atoms with Crippen molar-refractivity contribution in [2.45, 2.75) is 45.6 Å². The molecule has 2 N–H and O–H groups in total. The van der Waals surface area contributed by atoms with Crippen LogP contribution in [0.15, 0.2) is 11.0 Å². The molecule has 1 aromatic carbocycles. The number of aryl methyl sites for hydroxylation is 2. The first-order valence-corrected chi connectivity index (χ1v) is 9.46. The van der Waals surface area contributed by atoms with Gasteiger partial charge in [0.1, 0.15) is 6.04 Å². The van der Waals surface area contributed by atoms with Gasteiger partial charge >= 0.3 is 5.97 Å². The highest BCUT2D eigenvalue weighted by Gasteiger charge is 2.27. The molecule has 0 fully saturated rings. The molecule has 1 aromatic rings. The molecule has 0 aliphatic heterocycles. The van der Waals surface area contributed by atoms with Crippen molar-refractivity contribution in [2.24, 2.45) is 0 Å². The lowest BCUT2D eigenvalue weighted by molar-refractivity contribution is -0.149. The molecule has 0 saturated carbocycles. The van der Waals surface area contributed by atoms with Gasteiger partial charge in [-0.25, -0.2) is 8.42 Å². The van der Waals surface area contributed by atoms with Crippen LogP contribution in [0.2, 0.25) is 0 Å². The predicted octanol–water partition coefficient (Wildman–Crippen LogP) is 0.880. The van der Waals surface area contributed by atoms with E-state index in [-0.39, 0.29) is 11.4 Å². The van der Waals surface area contributed by atoms with Crippen molar-refractivity contribution in [3.63, 3.8) is 0 Å². The van der Waals surface area contributed by atoms with Crippen molar-refractivity contribution >= 4 is 21.9 Å². The summed E-state index contributed by atoms with van der Waals surface area (Å²) in [6.07, 6.45) is 5.00. The van der Waals surface area contributed by atoms with Crippen molar-refractivity contribution in [1.29, 1.82) is 0 Å². The van der Waals surface area contributed by atoms with Crippen molar-refractivity contribution in [2.75, 3.05) is 13.2 Å². The summed E-state index contributed by atoms with van der Waals surface area (Å²) in [5.74, 6) is 0.794. The number of sulfonamides is 1. The fourth-order valence-corrected chi connectivity index (χ4v) is 4.19. The number of carbonyl (C=O) groups excluding carboxylic acids is 2. The molecule has 0 unspecified atom stereocenters. The highest BCUT2D eigenvalue weighted by molar-refractivity contribution is 7.89. The van der Waals surface area contributed by atoms with Gasteiger partial charge in [-0.2, -0.15) is 4.72 Å². The molecule has 142 valence electrons. The quantitative estimate of drug-likeness (QED) is 0.540. The number of hydrogen-bond acceptors (Lipinski definition) is 5. The third-order valence-corrected chi connectivity index (χ3v) is 5.80. The zero-order chi connectivity index (χ0) is 20.1. The minimum Gasteiger partial charge on any atom is -0.454 e. The lowest BCUT2D eigenvalue weighted by Gasteiger charge is -2.18. The van der Waals surface area contributed by atoms with Gasteiger partial charge < -0.3 is 10.1 Å². The molecule has 0 aliphatic rings. The van der Waals surface area contributed by atoms with Crippen LogP contribution in [0.4, 0.5) is 0 Å². The molecule has 1 rings (SSSR count). The number of benzene rings is 1. The summed E-state index contributed by atoms with van der Waals surface area (Å²) in [4.78, 5) is 23.5. The Kier molecular flexibility index (Phi) is 7.36. The number of amides is 1. The Morgan fingerprint density at radius 1 is 1.19 bits per heavy atom. The Labute approximate surface area is 154 Å². The van der Waals surface area contributed by atoms with Crippen LogP contribution in [0.3, 0.4) is 0 Å². The Morgan fingerprint density at radius 2 is 1.73 bits per heavy atom. The molecular formula is C18H24N2O5S. The maximum atomic E-state index is 12.8. The molecule has 0 saturated heterocycles. The molecule has 8 heteroatoms. The number of ether oxygens (including phenoxy) is 1. The molecule has 1 atom stereocenters. The maximum Gasteiger partial charge on any atom is 0.324 e. The molecule has 0 heterocycles. The first-order valence-electron chi connectivity index (χ1n) is 7.97. The minimum absolute atomic E-state index is 0.0177. The van der Waals surface area contributed by atoms with Crippen molar-refractivity contribution in [3.8, 4) is 12.3 Å². The first kappa shape index (κ1) is 21.7. The van der Waals surface area contributed by atoms with E-state index in [1.165, 1.54) is 6.92 Å². The minimum atomic E-state index is -3.94. The van der Waals surface area contributed by atoms with Gasteiger partial charge in [-0.05, 0) is 56.9 Å². The molecule has 0 aliphatic carbocycles. The average Bonchev–Trinajstić information content (AvgIpc) is 2.55. The monoisotopic (exact) mass is 380 g/mol. The zero-order valence-electron chi connectivity index (χ0n) is 15.6. The van der Waals surface area contributed by atoms with E-state index in [0.29, 0.717) is 11.1 Å². The fourth-order valence-electron chi connectivity index (χ4n) is 2.39. The summed E-state index contributed by atoms with van der Waals surface area (Å²) in [5.41, 5.74) is 2.92. The third-order valence-electron chi connectivity index (χ3n) is 3.98. The third kappa shape index (κ3) is 5.31. The number of terminal acetylenes is 1. The van der Waals surface area contributed by atoms with Gasteiger partial charge in [0.05, 0.1) is 11.4 Å². The summed E-state index contributed by atoms with van der Waals surface area (Å²) in [7, 11) is -3.94. The van der Waals surface area contributed by atoms with Gasteiger partial charge in [0, 0.05) is 0 Å². The second kappa shape index (κ2) is 8.83. The van der Waals surface area contributed by atoms with Crippen LogP contribution >= 0.6 is 0 Å². The SMILES string of the molecule is C#CCNC(=O)COC(=O)[C@H](C)NS(=O)(=O)c1c(C)c(C)cc(C)c1C. The van der Waals surface area contributed by atoms with E-state index in [1.807, 2.05) is 19.9 Å². The van der Waals surface area contributed by atoms with Gasteiger partial charge in [-0.15, -0.1) is 6.42 Å². The molecule has 0 bridgehead atoms. The number of rotatable bonds is 7. The van der Waals surface area contributed by atoms with E-state index in [2.05, 4.69) is 16.0 Å². The lowest BCUT2D eigenvalue weighted by atomic mass is 10.0. The maximum absolute atomic E-state index is 12.8. The highest BCUT2D eigenvalue weighted by Crippen LogP contribution is 2.26. The zero-order valence-corrected chi connectivity index (χ0v) is 16.4. The molecule has 0 radical (unpaired) electrons. The second-order valence-corrected chi connectivity index (χ2v) is 7.67. The van der Waals surface area contributed by atoms with E-state index in [4.69, 9.17) is 11.2 Å². The van der Waals surface area contributed by atoms with E-state index in [0.717, 1.165) is 11.1 Å². The Balaban J connectivity index is 2.89. The average molecular weight is 380 g/mol. The van der Waals surface area contributed by atoms with Crippen molar-refractivity contribution in [3.05, 3.63) is 28.3 Å². The van der Waals surface area contributed by atoms with Crippen LogP contribution in [0, 0.1) is 40.0 Å². The van der Waals surface area contributed by atoms with Crippen LogP contribution in [-0.4, -0.2) is 39.5 Å². The highest BCUT2D eigenvalue weighted by atomic mass is 32.2. The van der Waals surface area contributed by atoms with Gasteiger partial charge in [0.25, 0.3) is 5.91 Å². The molecule has 0 spiro atoms. The summed E-state index contributed by atoms with van der Waals surface area (Å²) >= 11 is 0. The molecule has 26 heavy (non-hydrogen) atoms. The van der Waals surface area contributed by atoms with Gasteiger partial charge in [0.2, 0.25) is 10.0 Å². The Bertz CT molecular complexity index is 827. The lowest BCUT2D eigenvalue weighted by Crippen LogP contribution is -2.41. The van der Waals surface area contributed by atoms with Gasteiger partial charge in [-0.1, -0.05) is 12.0 Å². The number of nitrogens with one attached hydrogen (secondary N) is 2. The van der Waals surface area contributed by atoms with E-state index < -0.39 is 34.5 Å². The number of esters is 1. The van der Waals surface area contributed by atoms with Crippen molar-refractivity contribution < 1.29 is 22.7 Å². The summed E-state index contributed by atoms with van der Waals surface area (Å²) < 4.78 is 32.6. The normalized spacial score (nSPS) is 12.2. The molecular weight excluding hydrogens is 356 g/mol. The van der Waals surface area contributed by atoms with Crippen molar-refractivity contribution in [1.82, 2.24) is 10.0 Å². The van der Waals surface area contributed by atoms with Crippen LogP contribution in [0.1, 0.15) is 29.2 Å². The smallest absolute Gasteiger partial charge is 0.324 e. The molecule has 0 aromatic heterocycles. The number of carbonyl (C=O) groups is 2. The topological polar surface area (TPSA) is 102 Å². The van der Waals surface area contributed by atoms with E-state index in [9.17, 15) is 18.0 Å². The van der Waals surface area contributed by atoms with Gasteiger partial charge in [-0.3, -0.25) is 9.59 Å². The summed E-state index contributed by atoms with van der Waals surface area (Å²) in [5, 5.41) is 2.34. The standard InChI is InChI=1S/C18H24N2O5S/c1-7-8-19-16(21)10-25-18(22)15(6)20-26(23,24)17-13(4)11(2)9-12(3)14(17)5/h1,9,15,20H,8,10H2,2-6H3,(H,19,21)/t15-/m0/s1. The fraction of sp³-hybridized carbons (Fsp3) is 0.444. The van der Waals surface area contributed by atoms with Crippen LogP contribution < -0.4 is 10.0 Å². The van der Waals surface area contributed by atoms with E-state index in [1.54, 1.807) is 13.8 Å². The van der Waals surface area contributed by atoms with Gasteiger partial charge in [0.15, 0.2) is 6.61 Å². The Morgan fingerprint density at radius 3 is 2.23 bits per heavy atom. The summed E-state index contributed by atoms with van der Waals surface area (Å²) in [6.45, 7) is 7.93. The summed E-state index contributed by atoms with van der Waals surface area (Å²) in [6, 6.07) is 0.760.